The second-order valence-corrected chi connectivity index (χ2v) is 9.09. The molecule has 1 aromatic carbocycles. The van der Waals surface area contributed by atoms with Crippen LogP contribution in [0.3, 0.4) is 0 Å². The molecule has 9 heteroatoms. The van der Waals surface area contributed by atoms with E-state index in [1.165, 1.54) is 22.6 Å². The lowest BCUT2D eigenvalue weighted by atomic mass is 9.77. The van der Waals surface area contributed by atoms with Crippen LogP contribution < -0.4 is 0 Å². The molecule has 2 fully saturated rings. The molecule has 2 aromatic heterocycles. The number of carbonyl (C=O) groups excluding carboxylic acids is 1. The molecule has 1 unspecified atom stereocenters. The molecule has 5 rings (SSSR count). The van der Waals surface area contributed by atoms with Crippen molar-refractivity contribution < 1.29 is 22.4 Å². The van der Waals surface area contributed by atoms with Gasteiger partial charge < -0.3 is 4.90 Å². The van der Waals surface area contributed by atoms with Gasteiger partial charge in [-0.15, -0.1) is 10.2 Å². The van der Waals surface area contributed by atoms with Crippen molar-refractivity contribution in [3.05, 3.63) is 65.4 Å². The van der Waals surface area contributed by atoms with Crippen molar-refractivity contribution in [1.29, 1.82) is 0 Å². The standard InChI is InChI=1S/C24H24F4N4O/c25-19-7-3-6-17(13-19)23(10-1-2-11-23)22(33)31-12-4-5-16(14-31)21-30-29-20-9-8-18(15-32(20)21)24(26,27)28/h3,6-9,13,15-16H,1-2,4-5,10-12,14H2. The highest BCUT2D eigenvalue weighted by Gasteiger charge is 2.46. The Kier molecular flexibility index (Phi) is 5.37. The summed E-state index contributed by atoms with van der Waals surface area (Å²) in [6, 6.07) is 8.58. The van der Waals surface area contributed by atoms with Gasteiger partial charge in [0.15, 0.2) is 5.65 Å². The van der Waals surface area contributed by atoms with Crippen LogP contribution in [-0.2, 0) is 16.4 Å². The quantitative estimate of drug-likeness (QED) is 0.511. The number of fused-ring (bicyclic) bond motifs is 1. The molecule has 33 heavy (non-hydrogen) atoms. The van der Waals surface area contributed by atoms with E-state index < -0.39 is 17.2 Å². The van der Waals surface area contributed by atoms with Crippen LogP contribution in [0.25, 0.3) is 5.65 Å². The number of hydrogen-bond acceptors (Lipinski definition) is 3. The molecule has 0 bridgehead atoms. The minimum absolute atomic E-state index is 0.0277. The van der Waals surface area contributed by atoms with Gasteiger partial charge in [0, 0.05) is 25.2 Å². The van der Waals surface area contributed by atoms with Gasteiger partial charge in [-0.1, -0.05) is 25.0 Å². The second-order valence-electron chi connectivity index (χ2n) is 9.09. The van der Waals surface area contributed by atoms with Crippen LogP contribution in [0.5, 0.6) is 0 Å². The molecule has 5 nitrogen and oxygen atoms in total. The number of halogens is 4. The van der Waals surface area contributed by atoms with Crippen LogP contribution in [0.2, 0.25) is 0 Å². The second kappa shape index (κ2) is 8.11. The molecule has 1 saturated heterocycles. The molecule has 1 aliphatic carbocycles. The molecule has 1 aliphatic heterocycles. The highest BCUT2D eigenvalue weighted by atomic mass is 19.4. The van der Waals surface area contributed by atoms with Gasteiger partial charge in [-0.2, -0.15) is 13.2 Å². The molecular formula is C24H24F4N4O. The van der Waals surface area contributed by atoms with Gasteiger partial charge in [-0.3, -0.25) is 9.20 Å². The van der Waals surface area contributed by atoms with Gasteiger partial charge in [-0.05, 0) is 55.5 Å². The summed E-state index contributed by atoms with van der Waals surface area (Å²) in [6.07, 6.45) is 1.10. The lowest BCUT2D eigenvalue weighted by molar-refractivity contribution is -0.139. The molecule has 1 amide bonds. The lowest BCUT2D eigenvalue weighted by Crippen LogP contribution is -2.49. The number of carbonyl (C=O) groups is 1. The fourth-order valence-electron chi connectivity index (χ4n) is 5.42. The zero-order valence-electron chi connectivity index (χ0n) is 18.0. The van der Waals surface area contributed by atoms with Crippen LogP contribution in [-0.4, -0.2) is 38.5 Å². The van der Waals surface area contributed by atoms with Crippen molar-refractivity contribution in [2.75, 3.05) is 13.1 Å². The molecule has 1 saturated carbocycles. The van der Waals surface area contributed by atoms with Crippen molar-refractivity contribution in [2.24, 2.45) is 0 Å². The molecule has 174 valence electrons. The van der Waals surface area contributed by atoms with E-state index >= 15 is 0 Å². The normalized spacial score (nSPS) is 21.0. The van der Waals surface area contributed by atoms with E-state index in [1.807, 2.05) is 6.07 Å². The highest BCUT2D eigenvalue weighted by molar-refractivity contribution is 5.88. The number of likely N-dealkylation sites (tertiary alicyclic amines) is 1. The largest absolute Gasteiger partial charge is 0.417 e. The maximum atomic E-state index is 14.0. The molecule has 3 aromatic rings. The molecule has 1 atom stereocenters. The number of hydrogen-bond donors (Lipinski definition) is 0. The third-order valence-corrected chi connectivity index (χ3v) is 7.07. The van der Waals surface area contributed by atoms with Gasteiger partial charge in [0.1, 0.15) is 11.6 Å². The average Bonchev–Trinajstić information content (AvgIpc) is 3.46. The SMILES string of the molecule is O=C(N1CCCC(c2nnc3ccc(C(F)(F)F)cn23)C1)C1(c2cccc(F)c2)CCCC1. The summed E-state index contributed by atoms with van der Waals surface area (Å²) >= 11 is 0. The van der Waals surface area contributed by atoms with Crippen molar-refractivity contribution >= 4 is 11.6 Å². The number of benzene rings is 1. The first-order chi connectivity index (χ1) is 15.8. The first-order valence-electron chi connectivity index (χ1n) is 11.3. The Bertz CT molecular complexity index is 1180. The number of alkyl halides is 3. The fourth-order valence-corrected chi connectivity index (χ4v) is 5.42. The van der Waals surface area contributed by atoms with Crippen LogP contribution in [0.1, 0.15) is 61.4 Å². The van der Waals surface area contributed by atoms with Gasteiger partial charge in [0.2, 0.25) is 5.91 Å². The van der Waals surface area contributed by atoms with E-state index in [9.17, 15) is 22.4 Å². The number of nitrogens with zero attached hydrogens (tertiary/aromatic N) is 4. The Morgan fingerprint density at radius 3 is 2.58 bits per heavy atom. The van der Waals surface area contributed by atoms with Crippen LogP contribution in [0.15, 0.2) is 42.6 Å². The molecular weight excluding hydrogens is 436 g/mol. The maximum Gasteiger partial charge on any atom is 0.417 e. The molecule has 0 N–H and O–H groups in total. The topological polar surface area (TPSA) is 50.5 Å². The van der Waals surface area contributed by atoms with Crippen molar-refractivity contribution in [3.8, 4) is 0 Å². The van der Waals surface area contributed by atoms with E-state index in [-0.39, 0.29) is 17.6 Å². The van der Waals surface area contributed by atoms with Crippen LogP contribution in [0, 0.1) is 5.82 Å². The van der Waals surface area contributed by atoms with Gasteiger partial charge >= 0.3 is 6.18 Å². The number of pyridine rings is 1. The summed E-state index contributed by atoms with van der Waals surface area (Å²) in [5.74, 6) is -0.189. The predicted octanol–water partition coefficient (Wildman–Crippen LogP) is 5.11. The van der Waals surface area contributed by atoms with E-state index in [0.717, 1.165) is 25.1 Å². The first-order valence-corrected chi connectivity index (χ1v) is 11.3. The predicted molar refractivity (Wildman–Crippen MR) is 113 cm³/mol. The molecule has 3 heterocycles. The summed E-state index contributed by atoms with van der Waals surface area (Å²) in [5, 5.41) is 8.21. The first kappa shape index (κ1) is 21.9. The van der Waals surface area contributed by atoms with Crippen molar-refractivity contribution in [2.45, 2.75) is 56.0 Å². The number of piperidine rings is 1. The Morgan fingerprint density at radius 1 is 1.06 bits per heavy atom. The summed E-state index contributed by atoms with van der Waals surface area (Å²) in [4.78, 5) is 15.6. The number of rotatable bonds is 3. The Hall–Kier alpha value is -2.97. The van der Waals surface area contributed by atoms with E-state index in [4.69, 9.17) is 0 Å². The molecule has 2 aliphatic rings. The minimum Gasteiger partial charge on any atom is -0.341 e. The fraction of sp³-hybridized carbons (Fsp3) is 0.458. The van der Waals surface area contributed by atoms with Gasteiger partial charge in [-0.25, -0.2) is 4.39 Å². The minimum atomic E-state index is -4.47. The Morgan fingerprint density at radius 2 is 1.85 bits per heavy atom. The van der Waals surface area contributed by atoms with Crippen LogP contribution in [0.4, 0.5) is 17.6 Å². The summed E-state index contributed by atoms with van der Waals surface area (Å²) in [6.45, 7) is 0.921. The van der Waals surface area contributed by atoms with Crippen LogP contribution >= 0.6 is 0 Å². The zero-order chi connectivity index (χ0) is 23.2. The van der Waals surface area contributed by atoms with Gasteiger partial charge in [0.05, 0.1) is 11.0 Å². The smallest absolute Gasteiger partial charge is 0.341 e. The monoisotopic (exact) mass is 460 g/mol. The summed E-state index contributed by atoms with van der Waals surface area (Å²) in [5.41, 5.74) is -0.473. The van der Waals surface area contributed by atoms with Gasteiger partial charge in [0.25, 0.3) is 0 Å². The third-order valence-electron chi connectivity index (χ3n) is 7.07. The Balaban J connectivity index is 1.45. The van der Waals surface area contributed by atoms with Crippen molar-refractivity contribution in [3.63, 3.8) is 0 Å². The average molecular weight is 460 g/mol. The molecule has 0 radical (unpaired) electrons. The molecule has 0 spiro atoms. The number of amides is 1. The zero-order valence-corrected chi connectivity index (χ0v) is 18.0. The maximum absolute atomic E-state index is 14.0. The summed E-state index contributed by atoms with van der Waals surface area (Å²) < 4.78 is 55.1. The number of aromatic nitrogens is 3. The Labute approximate surface area is 188 Å². The third kappa shape index (κ3) is 3.87. The van der Waals surface area contributed by atoms with E-state index in [1.54, 1.807) is 11.0 Å². The summed E-state index contributed by atoms with van der Waals surface area (Å²) in [7, 11) is 0. The van der Waals surface area contributed by atoms with E-state index in [0.29, 0.717) is 55.8 Å². The highest BCUT2D eigenvalue weighted by Crippen LogP contribution is 2.44. The lowest BCUT2D eigenvalue weighted by Gasteiger charge is -2.39. The van der Waals surface area contributed by atoms with Crippen molar-refractivity contribution in [1.82, 2.24) is 19.5 Å². The van der Waals surface area contributed by atoms with E-state index in [2.05, 4.69) is 10.2 Å².